The van der Waals surface area contributed by atoms with Crippen molar-refractivity contribution < 1.29 is 14.6 Å². The molecule has 92 valence electrons. The van der Waals surface area contributed by atoms with Gasteiger partial charge in [-0.1, -0.05) is 13.0 Å². The maximum atomic E-state index is 11.6. The lowest BCUT2D eigenvalue weighted by molar-refractivity contribution is -0.119. The van der Waals surface area contributed by atoms with Gasteiger partial charge in [0.15, 0.2) is 0 Å². The Labute approximate surface area is 96.7 Å². The van der Waals surface area contributed by atoms with E-state index in [-0.39, 0.29) is 18.6 Å². The van der Waals surface area contributed by atoms with Crippen LogP contribution in [-0.4, -0.2) is 35.9 Å². The Balaban J connectivity index is 2.45. The molecule has 1 amide bonds. The van der Waals surface area contributed by atoms with E-state index >= 15 is 0 Å². The van der Waals surface area contributed by atoms with Gasteiger partial charge in [-0.3, -0.25) is 4.79 Å². The predicted octanol–water partition coefficient (Wildman–Crippen LogP) is 0.999. The number of amides is 1. The molecule has 1 aliphatic rings. The first-order valence-corrected chi connectivity index (χ1v) is 5.78. The first kappa shape index (κ1) is 13.2. The monoisotopic (exact) mass is 227 g/mol. The number of carbonyl (C=O) groups is 1. The molecule has 0 saturated carbocycles. The summed E-state index contributed by atoms with van der Waals surface area (Å²) >= 11 is 0. The van der Waals surface area contributed by atoms with Gasteiger partial charge >= 0.3 is 0 Å². The van der Waals surface area contributed by atoms with Crippen molar-refractivity contribution in [3.05, 3.63) is 11.6 Å². The van der Waals surface area contributed by atoms with Crippen molar-refractivity contribution in [1.82, 2.24) is 5.32 Å². The molecule has 0 aromatic carbocycles. The number of hydrogen-bond acceptors (Lipinski definition) is 3. The second-order valence-electron chi connectivity index (χ2n) is 4.34. The van der Waals surface area contributed by atoms with Crippen LogP contribution in [0.25, 0.3) is 0 Å². The molecule has 0 aromatic heterocycles. The van der Waals surface area contributed by atoms with Gasteiger partial charge in [0.2, 0.25) is 5.91 Å². The molecular formula is C12H21NO3. The number of nitrogens with one attached hydrogen (secondary N) is 1. The molecule has 0 spiro atoms. The van der Waals surface area contributed by atoms with E-state index in [0.717, 1.165) is 6.42 Å². The fraction of sp³-hybridized carbons (Fsp3) is 0.750. The smallest absolute Gasteiger partial charge is 0.246 e. The zero-order chi connectivity index (χ0) is 12.2. The van der Waals surface area contributed by atoms with E-state index in [1.165, 1.54) is 0 Å². The number of aliphatic hydroxyl groups is 1. The lowest BCUT2D eigenvalue weighted by Gasteiger charge is -2.26. The maximum Gasteiger partial charge on any atom is 0.246 e. The van der Waals surface area contributed by atoms with Crippen molar-refractivity contribution in [3.8, 4) is 0 Å². The third-order valence-electron chi connectivity index (χ3n) is 3.08. The topological polar surface area (TPSA) is 58.6 Å². The zero-order valence-electron chi connectivity index (χ0n) is 10.2. The van der Waals surface area contributed by atoms with Crippen molar-refractivity contribution in [2.75, 3.05) is 13.2 Å². The van der Waals surface area contributed by atoms with E-state index in [9.17, 15) is 9.90 Å². The van der Waals surface area contributed by atoms with Gasteiger partial charge in [0, 0.05) is 25.1 Å². The number of allylic oxidation sites excluding steroid dienone is 1. The Hall–Kier alpha value is -0.870. The summed E-state index contributed by atoms with van der Waals surface area (Å²) in [5.74, 6) is -0.116. The zero-order valence-corrected chi connectivity index (χ0v) is 10.2. The number of hydrogen-bond donors (Lipinski definition) is 2. The highest BCUT2D eigenvalue weighted by Crippen LogP contribution is 2.24. The molecule has 2 unspecified atom stereocenters. The fourth-order valence-corrected chi connectivity index (χ4v) is 1.77. The molecule has 1 rings (SSSR count). The lowest BCUT2D eigenvalue weighted by Crippen LogP contribution is -2.47. The van der Waals surface area contributed by atoms with Gasteiger partial charge in [0.25, 0.3) is 0 Å². The van der Waals surface area contributed by atoms with Gasteiger partial charge in [0.1, 0.15) is 5.60 Å². The van der Waals surface area contributed by atoms with Crippen LogP contribution in [0.1, 0.15) is 33.6 Å². The Bertz CT molecular complexity index is 288. The van der Waals surface area contributed by atoms with Crippen LogP contribution in [0.15, 0.2) is 11.6 Å². The molecule has 1 aliphatic heterocycles. The van der Waals surface area contributed by atoms with Crippen LogP contribution in [0, 0.1) is 0 Å². The number of rotatable bonds is 4. The van der Waals surface area contributed by atoms with E-state index in [0.29, 0.717) is 18.6 Å². The maximum absolute atomic E-state index is 11.6. The Morgan fingerprint density at radius 2 is 2.38 bits per heavy atom. The van der Waals surface area contributed by atoms with Crippen molar-refractivity contribution in [1.29, 1.82) is 0 Å². The minimum atomic E-state index is -0.915. The van der Waals surface area contributed by atoms with Gasteiger partial charge in [0.05, 0.1) is 6.10 Å². The summed E-state index contributed by atoms with van der Waals surface area (Å²) in [6.07, 6.45) is 3.06. The molecule has 4 nitrogen and oxygen atoms in total. The van der Waals surface area contributed by atoms with Crippen molar-refractivity contribution in [2.45, 2.75) is 45.3 Å². The summed E-state index contributed by atoms with van der Waals surface area (Å²) in [5, 5.41) is 12.9. The van der Waals surface area contributed by atoms with Crippen LogP contribution in [0.2, 0.25) is 0 Å². The normalized spacial score (nSPS) is 30.5. The first-order valence-electron chi connectivity index (χ1n) is 5.78. The quantitative estimate of drug-likeness (QED) is 0.704. The summed E-state index contributed by atoms with van der Waals surface area (Å²) in [6.45, 7) is 6.39. The van der Waals surface area contributed by atoms with Crippen LogP contribution in [-0.2, 0) is 9.53 Å². The summed E-state index contributed by atoms with van der Waals surface area (Å²) in [5.41, 5.74) is -0.222. The minimum absolute atomic E-state index is 0.116. The number of ether oxygens (including phenoxy) is 1. The van der Waals surface area contributed by atoms with E-state index in [2.05, 4.69) is 5.32 Å². The molecule has 1 saturated heterocycles. The molecule has 0 aromatic rings. The summed E-state index contributed by atoms with van der Waals surface area (Å²) < 4.78 is 5.29. The first-order chi connectivity index (χ1) is 7.49. The Kier molecular flexibility index (Phi) is 4.50. The second kappa shape index (κ2) is 5.46. The van der Waals surface area contributed by atoms with Gasteiger partial charge in [-0.2, -0.15) is 0 Å². The third-order valence-corrected chi connectivity index (χ3v) is 3.08. The molecule has 2 N–H and O–H groups in total. The molecule has 1 heterocycles. The highest BCUT2D eigenvalue weighted by atomic mass is 16.5. The van der Waals surface area contributed by atoms with Gasteiger partial charge in [-0.15, -0.1) is 0 Å². The van der Waals surface area contributed by atoms with Crippen molar-refractivity contribution >= 4 is 5.91 Å². The average molecular weight is 227 g/mol. The van der Waals surface area contributed by atoms with Gasteiger partial charge in [-0.05, 0) is 20.3 Å². The van der Waals surface area contributed by atoms with Crippen LogP contribution in [0.5, 0.6) is 0 Å². The minimum Gasteiger partial charge on any atom is -0.385 e. The van der Waals surface area contributed by atoms with Gasteiger partial charge in [-0.25, -0.2) is 0 Å². The van der Waals surface area contributed by atoms with Gasteiger partial charge < -0.3 is 15.2 Å². The summed E-state index contributed by atoms with van der Waals surface area (Å²) in [4.78, 5) is 11.6. The van der Waals surface area contributed by atoms with Crippen molar-refractivity contribution in [2.24, 2.45) is 0 Å². The van der Waals surface area contributed by atoms with E-state index in [1.807, 2.05) is 19.9 Å². The summed E-state index contributed by atoms with van der Waals surface area (Å²) in [7, 11) is 0. The van der Waals surface area contributed by atoms with E-state index < -0.39 is 5.60 Å². The van der Waals surface area contributed by atoms with Crippen LogP contribution in [0.3, 0.4) is 0 Å². The Morgan fingerprint density at radius 1 is 1.69 bits per heavy atom. The second-order valence-corrected chi connectivity index (χ2v) is 4.34. The highest BCUT2D eigenvalue weighted by Gasteiger charge is 2.39. The average Bonchev–Trinajstić information content (AvgIpc) is 2.57. The van der Waals surface area contributed by atoms with Crippen LogP contribution < -0.4 is 5.32 Å². The molecule has 0 radical (unpaired) electrons. The van der Waals surface area contributed by atoms with E-state index in [4.69, 9.17) is 4.74 Å². The molecule has 16 heavy (non-hydrogen) atoms. The molecule has 0 bridgehead atoms. The summed E-state index contributed by atoms with van der Waals surface area (Å²) in [6, 6.07) is 0. The molecule has 0 aliphatic carbocycles. The fourth-order valence-electron chi connectivity index (χ4n) is 1.77. The molecule has 2 atom stereocenters. The highest BCUT2D eigenvalue weighted by molar-refractivity contribution is 5.92. The van der Waals surface area contributed by atoms with Crippen LogP contribution in [0.4, 0.5) is 0 Å². The predicted molar refractivity (Wildman–Crippen MR) is 62.0 cm³/mol. The lowest BCUT2D eigenvalue weighted by atomic mass is 9.96. The standard InChI is InChI=1S/C12H21NO3/c1-4-5-9(2)11(14)13-8-12(15)6-7-16-10(12)3/h5,10,15H,4,6-8H2,1-3H3,(H,13,14)/b9-5-. The molecular weight excluding hydrogens is 206 g/mol. The van der Waals surface area contributed by atoms with E-state index in [1.54, 1.807) is 6.92 Å². The Morgan fingerprint density at radius 3 is 2.88 bits per heavy atom. The largest absolute Gasteiger partial charge is 0.385 e. The molecule has 1 fully saturated rings. The van der Waals surface area contributed by atoms with Crippen LogP contribution >= 0.6 is 0 Å². The molecule has 4 heteroatoms. The third kappa shape index (κ3) is 3.06. The SMILES string of the molecule is CC/C=C(/C)C(=O)NCC1(O)CCOC1C. The van der Waals surface area contributed by atoms with Crippen molar-refractivity contribution in [3.63, 3.8) is 0 Å². The number of carbonyl (C=O) groups excluding carboxylic acids is 1.